The molecule has 2 aliphatic rings. The third-order valence-electron chi connectivity index (χ3n) is 4.87. The molecule has 4 rings (SSSR count). The topological polar surface area (TPSA) is 71.5 Å². The van der Waals surface area contributed by atoms with Crippen molar-refractivity contribution in [3.63, 3.8) is 0 Å². The summed E-state index contributed by atoms with van der Waals surface area (Å²) < 4.78 is 5.78. The molecule has 2 unspecified atom stereocenters. The van der Waals surface area contributed by atoms with E-state index in [1.165, 1.54) is 12.3 Å². The third kappa shape index (κ3) is 3.54. The summed E-state index contributed by atoms with van der Waals surface area (Å²) in [5, 5.41) is 3.55. The zero-order valence-electron chi connectivity index (χ0n) is 14.9. The van der Waals surface area contributed by atoms with Crippen LogP contribution in [0.2, 0.25) is 10.0 Å². The molecule has 2 atom stereocenters. The van der Waals surface area contributed by atoms with Gasteiger partial charge in [0.25, 0.3) is 0 Å². The number of nitrogens with one attached hydrogen (secondary N) is 1. The molecule has 6 nitrogen and oxygen atoms in total. The van der Waals surface area contributed by atoms with Gasteiger partial charge in [-0.15, -0.1) is 11.8 Å². The largest absolute Gasteiger partial charge is 0.435 e. The number of fused-ring (bicyclic) bond motifs is 1. The number of halogens is 2. The first-order valence-corrected chi connectivity index (χ1v) is 10.5. The monoisotopic (exact) mass is 437 g/mol. The molecule has 0 bridgehead atoms. The summed E-state index contributed by atoms with van der Waals surface area (Å²) in [7, 11) is 0. The summed E-state index contributed by atoms with van der Waals surface area (Å²) in [6.45, 7) is 2.01. The lowest BCUT2D eigenvalue weighted by Gasteiger charge is -2.30. The average molecular weight is 438 g/mol. The van der Waals surface area contributed by atoms with Crippen molar-refractivity contribution in [2.45, 2.75) is 30.7 Å². The normalized spacial score (nSPS) is 23.6. The average Bonchev–Trinajstić information content (AvgIpc) is 3.15. The minimum atomic E-state index is -0.504. The van der Waals surface area contributed by atoms with Crippen LogP contribution in [0.4, 0.5) is 5.69 Å². The van der Waals surface area contributed by atoms with Gasteiger partial charge in [-0.25, -0.2) is 4.98 Å². The van der Waals surface area contributed by atoms with Gasteiger partial charge < -0.3 is 15.0 Å². The van der Waals surface area contributed by atoms with Crippen molar-refractivity contribution in [1.82, 2.24) is 9.88 Å². The third-order valence-corrected chi connectivity index (χ3v) is 6.86. The number of aromatic nitrogens is 1. The first-order valence-electron chi connectivity index (χ1n) is 8.72. The highest BCUT2D eigenvalue weighted by Crippen LogP contribution is 2.47. The Morgan fingerprint density at radius 3 is 2.96 bits per heavy atom. The van der Waals surface area contributed by atoms with Gasteiger partial charge in [0, 0.05) is 18.4 Å². The van der Waals surface area contributed by atoms with E-state index in [1.54, 1.807) is 40.9 Å². The number of pyridine rings is 1. The maximum absolute atomic E-state index is 12.9. The van der Waals surface area contributed by atoms with Crippen LogP contribution in [-0.2, 0) is 9.59 Å². The Bertz CT molecular complexity index is 958. The molecule has 2 amide bonds. The lowest BCUT2D eigenvalue weighted by molar-refractivity contribution is -0.135. The van der Waals surface area contributed by atoms with Crippen molar-refractivity contribution < 1.29 is 14.3 Å². The van der Waals surface area contributed by atoms with Crippen LogP contribution in [0, 0.1) is 0 Å². The van der Waals surface area contributed by atoms with Gasteiger partial charge in [0.1, 0.15) is 11.1 Å². The van der Waals surface area contributed by atoms with Crippen LogP contribution in [-0.4, -0.2) is 38.4 Å². The maximum atomic E-state index is 12.9. The molecule has 28 heavy (non-hydrogen) atoms. The minimum Gasteiger partial charge on any atom is -0.435 e. The molecule has 0 aliphatic carbocycles. The quantitative estimate of drug-likeness (QED) is 0.757. The second-order valence-corrected chi connectivity index (χ2v) is 9.14. The van der Waals surface area contributed by atoms with Crippen LogP contribution in [0.1, 0.15) is 19.8 Å². The standard InChI is InChI=1S/C19H17Cl2N3O3S/c1-19-7-6-16(25)24(19)14(10-28-19)17(26)23-13-4-2-3-5-15(13)27-18-12(21)8-11(20)9-22-18/h2-5,8-9,14H,6-7,10H2,1H3,(H,23,26). The number of hydrogen-bond donors (Lipinski definition) is 1. The Balaban J connectivity index is 1.54. The highest BCUT2D eigenvalue weighted by atomic mass is 35.5. The lowest BCUT2D eigenvalue weighted by atomic mass is 10.2. The number of ether oxygens (including phenoxy) is 1. The van der Waals surface area contributed by atoms with Crippen LogP contribution in [0.5, 0.6) is 11.6 Å². The molecule has 1 aromatic heterocycles. The van der Waals surface area contributed by atoms with Gasteiger partial charge >= 0.3 is 0 Å². The summed E-state index contributed by atoms with van der Waals surface area (Å²) in [5.41, 5.74) is 0.477. The molecule has 0 saturated carbocycles. The van der Waals surface area contributed by atoms with E-state index in [0.29, 0.717) is 28.6 Å². The van der Waals surface area contributed by atoms with Crippen LogP contribution in [0.3, 0.4) is 0 Å². The molecular formula is C19H17Cl2N3O3S. The zero-order chi connectivity index (χ0) is 19.9. The predicted molar refractivity (Wildman–Crippen MR) is 110 cm³/mol. The van der Waals surface area contributed by atoms with E-state index >= 15 is 0 Å². The number of carbonyl (C=O) groups is 2. The van der Waals surface area contributed by atoms with Gasteiger partial charge in [-0.1, -0.05) is 35.3 Å². The number of nitrogens with zero attached hydrogens (tertiary/aromatic N) is 2. The molecule has 1 aromatic carbocycles. The van der Waals surface area contributed by atoms with E-state index in [4.69, 9.17) is 27.9 Å². The summed E-state index contributed by atoms with van der Waals surface area (Å²) >= 11 is 13.6. The zero-order valence-corrected chi connectivity index (χ0v) is 17.3. The fourth-order valence-corrected chi connectivity index (χ4v) is 5.32. The number of anilines is 1. The molecule has 9 heteroatoms. The summed E-state index contributed by atoms with van der Waals surface area (Å²) in [6, 6.07) is 8.02. The van der Waals surface area contributed by atoms with E-state index in [-0.39, 0.29) is 27.6 Å². The van der Waals surface area contributed by atoms with Crippen LogP contribution in [0.15, 0.2) is 36.5 Å². The maximum Gasteiger partial charge on any atom is 0.248 e. The van der Waals surface area contributed by atoms with Crippen molar-refractivity contribution >= 4 is 52.5 Å². The van der Waals surface area contributed by atoms with Crippen molar-refractivity contribution in [1.29, 1.82) is 0 Å². The number of thioether (sulfide) groups is 1. The Hall–Kier alpha value is -1.96. The minimum absolute atomic E-state index is 0.0225. The molecular weight excluding hydrogens is 421 g/mol. The van der Waals surface area contributed by atoms with Gasteiger partial charge in [0.05, 0.1) is 15.6 Å². The molecule has 0 spiro atoms. The molecule has 0 radical (unpaired) electrons. The predicted octanol–water partition coefficient (Wildman–Crippen LogP) is 4.57. The van der Waals surface area contributed by atoms with Crippen LogP contribution >= 0.6 is 35.0 Å². The van der Waals surface area contributed by atoms with Gasteiger partial charge in [-0.05, 0) is 31.5 Å². The number of carbonyl (C=O) groups excluding carboxylic acids is 2. The number of benzene rings is 1. The fraction of sp³-hybridized carbons (Fsp3) is 0.316. The Kier molecular flexibility index (Phi) is 5.16. The first kappa shape index (κ1) is 19.4. The SMILES string of the molecule is CC12CCC(=O)N1C(C(=O)Nc1ccccc1Oc1ncc(Cl)cc1Cl)CS2. The van der Waals surface area contributed by atoms with Crippen molar-refractivity contribution in [3.8, 4) is 11.6 Å². The highest BCUT2D eigenvalue weighted by Gasteiger charge is 2.52. The molecule has 2 aliphatic heterocycles. The molecule has 146 valence electrons. The lowest BCUT2D eigenvalue weighted by Crippen LogP contribution is -2.48. The molecule has 2 fully saturated rings. The number of para-hydroxylation sites is 2. The first-order chi connectivity index (χ1) is 13.4. The van der Waals surface area contributed by atoms with Crippen LogP contribution < -0.4 is 10.1 Å². The Morgan fingerprint density at radius 2 is 2.18 bits per heavy atom. The smallest absolute Gasteiger partial charge is 0.248 e. The van der Waals surface area contributed by atoms with Crippen molar-refractivity contribution in [2.24, 2.45) is 0 Å². The second kappa shape index (κ2) is 7.46. The number of hydrogen-bond acceptors (Lipinski definition) is 5. The molecule has 1 N–H and O–H groups in total. The summed E-state index contributed by atoms with van der Waals surface area (Å²) in [5.74, 6) is 0.939. The van der Waals surface area contributed by atoms with E-state index in [0.717, 1.165) is 6.42 Å². The van der Waals surface area contributed by atoms with Crippen LogP contribution in [0.25, 0.3) is 0 Å². The van der Waals surface area contributed by atoms with Gasteiger partial charge in [-0.3, -0.25) is 9.59 Å². The van der Waals surface area contributed by atoms with Gasteiger partial charge in [-0.2, -0.15) is 0 Å². The molecule has 2 aromatic rings. The second-order valence-electron chi connectivity index (χ2n) is 6.79. The van der Waals surface area contributed by atoms with E-state index in [1.807, 2.05) is 6.92 Å². The van der Waals surface area contributed by atoms with Crippen molar-refractivity contribution in [3.05, 3.63) is 46.6 Å². The Morgan fingerprint density at radius 1 is 1.39 bits per heavy atom. The van der Waals surface area contributed by atoms with E-state index < -0.39 is 6.04 Å². The summed E-state index contributed by atoms with van der Waals surface area (Å²) in [6.07, 6.45) is 2.67. The molecule has 3 heterocycles. The van der Waals surface area contributed by atoms with Gasteiger partial charge in [0.2, 0.25) is 17.7 Å². The van der Waals surface area contributed by atoms with Gasteiger partial charge in [0.15, 0.2) is 5.75 Å². The van der Waals surface area contributed by atoms with E-state index in [9.17, 15) is 9.59 Å². The molecule has 2 saturated heterocycles. The fourth-order valence-electron chi connectivity index (χ4n) is 3.47. The number of amides is 2. The highest BCUT2D eigenvalue weighted by molar-refractivity contribution is 8.01. The Labute approximate surface area is 176 Å². The summed E-state index contributed by atoms with van der Waals surface area (Å²) in [4.78, 5) is 30.7. The van der Waals surface area contributed by atoms with E-state index in [2.05, 4.69) is 10.3 Å². The van der Waals surface area contributed by atoms with Crippen molar-refractivity contribution in [2.75, 3.05) is 11.1 Å². The number of rotatable bonds is 4.